The number of allylic oxidation sites excluding steroid dienone is 1. The number of benzene rings is 1. The van der Waals surface area contributed by atoms with Gasteiger partial charge in [0.05, 0.1) is 25.5 Å². The van der Waals surface area contributed by atoms with Crippen molar-refractivity contribution in [2.45, 2.75) is 37.7 Å². The van der Waals surface area contributed by atoms with Crippen molar-refractivity contribution in [1.82, 2.24) is 14.2 Å². The van der Waals surface area contributed by atoms with Crippen molar-refractivity contribution in [1.29, 1.82) is 0 Å². The number of nitrogens with one attached hydrogen (secondary N) is 1. The zero-order valence-corrected chi connectivity index (χ0v) is 22.7. The van der Waals surface area contributed by atoms with Crippen molar-refractivity contribution in [3.63, 3.8) is 0 Å². The molecule has 2 heterocycles. The van der Waals surface area contributed by atoms with Gasteiger partial charge in [0.2, 0.25) is 5.82 Å². The van der Waals surface area contributed by atoms with Crippen LogP contribution in [0.15, 0.2) is 51.7 Å². The third-order valence-corrected chi connectivity index (χ3v) is 8.04. The lowest BCUT2D eigenvalue weighted by Gasteiger charge is -2.28. The maximum atomic E-state index is 13.7. The summed E-state index contributed by atoms with van der Waals surface area (Å²) in [5, 5.41) is 10.5. The molecule has 11 nitrogen and oxygen atoms in total. The van der Waals surface area contributed by atoms with Crippen LogP contribution in [-0.4, -0.2) is 75.8 Å². The van der Waals surface area contributed by atoms with Gasteiger partial charge in [0.25, 0.3) is 14.1 Å². The molecule has 0 spiro atoms. The van der Waals surface area contributed by atoms with Crippen LogP contribution in [0, 0.1) is 5.82 Å². The Morgan fingerprint density at radius 2 is 1.95 bits per heavy atom. The van der Waals surface area contributed by atoms with Crippen LogP contribution in [0.3, 0.4) is 0 Å². The minimum Gasteiger partial charge on any atom is -0.390 e. The average molecular weight is 584 g/mol. The molecule has 14 heteroatoms. The van der Waals surface area contributed by atoms with Crippen LogP contribution in [-0.2, 0) is 13.8 Å². The van der Waals surface area contributed by atoms with Gasteiger partial charge in [-0.25, -0.2) is 9.46 Å². The van der Waals surface area contributed by atoms with Crippen molar-refractivity contribution < 1.29 is 32.9 Å². The minimum absolute atomic E-state index is 0.0350. The van der Waals surface area contributed by atoms with Gasteiger partial charge in [0.1, 0.15) is 12.3 Å². The Hall–Kier alpha value is -2.57. The van der Waals surface area contributed by atoms with Crippen molar-refractivity contribution in [3.05, 3.63) is 79.9 Å². The van der Waals surface area contributed by atoms with Crippen LogP contribution >= 0.6 is 20.1 Å². The quantitative estimate of drug-likeness (QED) is 0.219. The smallest absolute Gasteiger partial charge is 0.330 e. The zero-order chi connectivity index (χ0) is 28.1. The van der Waals surface area contributed by atoms with Crippen molar-refractivity contribution in [2.24, 2.45) is 0 Å². The number of ketones is 2. The summed E-state index contributed by atoms with van der Waals surface area (Å²) in [7, 11) is 0.00803. The number of H-pyrrole nitrogens is 1. The van der Waals surface area contributed by atoms with Crippen LogP contribution in [0.4, 0.5) is 4.39 Å². The van der Waals surface area contributed by atoms with E-state index in [0.717, 1.165) is 23.6 Å². The van der Waals surface area contributed by atoms with Gasteiger partial charge < -0.3 is 18.9 Å². The van der Waals surface area contributed by atoms with Crippen LogP contribution in [0.5, 0.6) is 0 Å². The van der Waals surface area contributed by atoms with Crippen molar-refractivity contribution >= 4 is 31.7 Å². The summed E-state index contributed by atoms with van der Waals surface area (Å²) in [5.41, 5.74) is -1.17. The summed E-state index contributed by atoms with van der Waals surface area (Å²) in [6, 6.07) is 6.57. The molecule has 0 amide bonds. The lowest BCUT2D eigenvalue weighted by Crippen LogP contribution is -2.34. The van der Waals surface area contributed by atoms with E-state index in [2.05, 4.69) is 0 Å². The molecule has 0 radical (unpaired) electrons. The molecule has 4 rings (SSSR count). The summed E-state index contributed by atoms with van der Waals surface area (Å²) < 4.78 is 34.1. The van der Waals surface area contributed by atoms with E-state index in [1.165, 1.54) is 6.08 Å². The summed E-state index contributed by atoms with van der Waals surface area (Å²) in [6.45, 7) is 0.252. The molecule has 1 fully saturated rings. The molecule has 1 aliphatic carbocycles. The second kappa shape index (κ2) is 13.2. The van der Waals surface area contributed by atoms with Gasteiger partial charge in [-0.05, 0) is 26.0 Å². The second-order valence-electron chi connectivity index (χ2n) is 9.07. The Bertz CT molecular complexity index is 1370. The molecule has 0 bridgehead atoms. The molecule has 2 aliphatic rings. The number of carbonyl (C=O) groups excluding carboxylic acids is 2. The number of rotatable bonds is 12. The summed E-state index contributed by atoms with van der Waals surface area (Å²) in [6.07, 6.45) is 0.533. The molecule has 1 aromatic heterocycles. The first-order valence-corrected chi connectivity index (χ1v) is 13.9. The standard InChI is InChI=1S/C25H28ClFN3O8P/c1-29(9-5-4-8-26)39(36-13-15-10-19(31)16-6-2-3-7-17(16)23(15)33)37-14-21-20(32)11-22(38-21)30-12-18(27)24(34)28-25(30)35/h2-3,6-7,10,12,20-22,32H,4-5,8-9,11,13-14H2,1H3,(H,28,34,35)/t20-,21+,22+,39?/m0/s1. The molecule has 2 aromatic rings. The highest BCUT2D eigenvalue weighted by Gasteiger charge is 2.37. The number of aliphatic hydroxyl groups is 1. The fraction of sp³-hybridized carbons (Fsp3) is 0.440. The predicted octanol–water partition coefficient (Wildman–Crippen LogP) is 2.54. The Labute approximate surface area is 229 Å². The number of carbonyl (C=O) groups is 2. The molecule has 2 N–H and O–H groups in total. The van der Waals surface area contributed by atoms with E-state index >= 15 is 0 Å². The maximum Gasteiger partial charge on any atom is 0.330 e. The number of nitrogens with zero attached hydrogens (tertiary/aromatic N) is 2. The Balaban J connectivity index is 1.42. The van der Waals surface area contributed by atoms with E-state index in [1.54, 1.807) is 31.3 Å². The molecular weight excluding hydrogens is 556 g/mol. The van der Waals surface area contributed by atoms with E-state index < -0.39 is 44.0 Å². The topological polar surface area (TPSA) is 140 Å². The van der Waals surface area contributed by atoms with Gasteiger partial charge in [-0.2, -0.15) is 4.39 Å². The summed E-state index contributed by atoms with van der Waals surface area (Å²) >= 11 is 5.79. The van der Waals surface area contributed by atoms with Gasteiger partial charge in [-0.3, -0.25) is 23.9 Å². The third-order valence-electron chi connectivity index (χ3n) is 6.30. The third kappa shape index (κ3) is 6.96. The van der Waals surface area contributed by atoms with Gasteiger partial charge in [0, 0.05) is 35.5 Å². The molecule has 1 unspecified atom stereocenters. The number of alkyl halides is 1. The highest BCUT2D eigenvalue weighted by atomic mass is 35.5. The number of hydrogen-bond donors (Lipinski definition) is 2. The van der Waals surface area contributed by atoms with Crippen molar-refractivity contribution in [2.75, 3.05) is 32.7 Å². The SMILES string of the molecule is CN(CCCCCl)P(OCC1=CC(=O)c2ccccc2C1=O)OC[C@H]1O[C@@H](n2cc(F)c(=O)[nH]c2=O)C[C@@H]1O. The van der Waals surface area contributed by atoms with Gasteiger partial charge >= 0.3 is 5.69 Å². The Morgan fingerprint density at radius 3 is 2.69 bits per heavy atom. The first-order chi connectivity index (χ1) is 18.7. The lowest BCUT2D eigenvalue weighted by molar-refractivity contribution is -0.0428. The van der Waals surface area contributed by atoms with E-state index in [-0.39, 0.29) is 36.8 Å². The number of ether oxygens (including phenoxy) is 1. The number of fused-ring (bicyclic) bond motifs is 1. The number of aliphatic hydroxyl groups excluding tert-OH is 1. The molecule has 4 atom stereocenters. The van der Waals surface area contributed by atoms with Crippen LogP contribution in [0.1, 0.15) is 46.2 Å². The number of aromatic nitrogens is 2. The van der Waals surface area contributed by atoms with Gasteiger partial charge in [-0.1, -0.05) is 24.3 Å². The number of halogens is 2. The highest BCUT2D eigenvalue weighted by Crippen LogP contribution is 2.43. The predicted molar refractivity (Wildman–Crippen MR) is 140 cm³/mol. The number of unbranched alkanes of at least 4 members (excludes halogenated alkanes) is 1. The number of aromatic amines is 1. The van der Waals surface area contributed by atoms with Gasteiger partial charge in [-0.15, -0.1) is 11.6 Å². The maximum absolute atomic E-state index is 13.7. The van der Waals surface area contributed by atoms with Crippen LogP contribution < -0.4 is 11.2 Å². The average Bonchev–Trinajstić information content (AvgIpc) is 3.28. The molecule has 1 saturated heterocycles. The van der Waals surface area contributed by atoms with Crippen LogP contribution in [0.2, 0.25) is 0 Å². The first kappa shape index (κ1) is 29.4. The Kier molecular flexibility index (Phi) is 9.95. The van der Waals surface area contributed by atoms with E-state index in [1.807, 2.05) is 9.65 Å². The number of hydrogen-bond acceptors (Lipinski definition) is 9. The number of Topliss-reactive ketones (excluding diaryl/α,β-unsaturated/α-hetero) is 1. The Morgan fingerprint density at radius 1 is 1.21 bits per heavy atom. The molecule has 1 aliphatic heterocycles. The monoisotopic (exact) mass is 583 g/mol. The molecular formula is C25H28ClFN3O8P. The molecule has 210 valence electrons. The largest absolute Gasteiger partial charge is 0.390 e. The highest BCUT2D eigenvalue weighted by molar-refractivity contribution is 7.44. The molecule has 1 aromatic carbocycles. The first-order valence-electron chi connectivity index (χ1n) is 12.3. The second-order valence-corrected chi connectivity index (χ2v) is 11.1. The van der Waals surface area contributed by atoms with E-state index in [9.17, 15) is 28.7 Å². The minimum atomic E-state index is -1.76. The van der Waals surface area contributed by atoms with E-state index in [0.29, 0.717) is 23.6 Å². The molecule has 39 heavy (non-hydrogen) atoms. The zero-order valence-electron chi connectivity index (χ0n) is 21.0. The van der Waals surface area contributed by atoms with Crippen LogP contribution in [0.25, 0.3) is 0 Å². The molecule has 0 saturated carbocycles. The lowest BCUT2D eigenvalue weighted by atomic mass is 9.90. The fourth-order valence-corrected chi connectivity index (χ4v) is 5.69. The fourth-order valence-electron chi connectivity index (χ4n) is 4.20. The van der Waals surface area contributed by atoms with Gasteiger partial charge in [0.15, 0.2) is 11.6 Å². The summed E-state index contributed by atoms with van der Waals surface area (Å²) in [4.78, 5) is 50.7. The normalized spacial score (nSPS) is 21.8. The van der Waals surface area contributed by atoms with Crippen molar-refractivity contribution in [3.8, 4) is 0 Å². The van der Waals surface area contributed by atoms with E-state index in [4.69, 9.17) is 25.4 Å². The summed E-state index contributed by atoms with van der Waals surface area (Å²) in [5.74, 6) is -1.26.